The van der Waals surface area contributed by atoms with Gasteiger partial charge in [-0.15, -0.1) is 0 Å². The second-order valence-electron chi connectivity index (χ2n) is 4.07. The highest BCUT2D eigenvalue weighted by atomic mass is 79.9. The third-order valence-electron chi connectivity index (χ3n) is 2.64. The number of carbonyl (C=O) groups is 1. The van der Waals surface area contributed by atoms with Crippen molar-refractivity contribution in [3.05, 3.63) is 45.1 Å². The summed E-state index contributed by atoms with van der Waals surface area (Å²) in [6.45, 7) is 1.92. The van der Waals surface area contributed by atoms with E-state index in [-0.39, 0.29) is 10.9 Å². The second-order valence-corrected chi connectivity index (χ2v) is 5.33. The Hall–Kier alpha value is -1.66. The number of nitrogens with zero attached hydrogens (tertiary/aromatic N) is 2. The summed E-state index contributed by atoms with van der Waals surface area (Å²) in [5.41, 5.74) is 1.32. The van der Waals surface area contributed by atoms with E-state index < -0.39 is 0 Å². The normalized spacial score (nSPS) is 10.2. The molecule has 0 saturated heterocycles. The van der Waals surface area contributed by atoms with Crippen LogP contribution in [0.1, 0.15) is 15.9 Å². The van der Waals surface area contributed by atoms with E-state index in [0.29, 0.717) is 17.2 Å². The first-order valence-corrected chi connectivity index (χ1v) is 6.95. The molecular formula is C13H12BrClN4O. The molecule has 104 valence electrons. The molecule has 0 aliphatic heterocycles. The lowest BCUT2D eigenvalue weighted by atomic mass is 10.2. The summed E-state index contributed by atoms with van der Waals surface area (Å²) in [4.78, 5) is 20.3. The van der Waals surface area contributed by atoms with Crippen LogP contribution in [0.2, 0.25) is 5.02 Å². The number of rotatable bonds is 3. The third kappa shape index (κ3) is 3.26. The minimum Gasteiger partial charge on any atom is -0.373 e. The predicted octanol–water partition coefficient (Wildman–Crippen LogP) is 3.49. The molecule has 2 rings (SSSR count). The fourth-order valence-corrected chi connectivity index (χ4v) is 1.95. The van der Waals surface area contributed by atoms with Gasteiger partial charge in [0.05, 0.1) is 10.6 Å². The van der Waals surface area contributed by atoms with Crippen LogP contribution < -0.4 is 10.6 Å². The highest BCUT2D eigenvalue weighted by Gasteiger charge is 2.13. The SMILES string of the molecule is CNc1cc(C(=O)Nc2cc(C)c(Br)cn2)c(Cl)cn1. The first kappa shape index (κ1) is 14.7. The molecular weight excluding hydrogens is 344 g/mol. The van der Waals surface area contributed by atoms with Gasteiger partial charge in [0.15, 0.2) is 0 Å². The summed E-state index contributed by atoms with van der Waals surface area (Å²) < 4.78 is 0.884. The molecule has 20 heavy (non-hydrogen) atoms. The fourth-order valence-electron chi connectivity index (χ4n) is 1.54. The molecule has 7 heteroatoms. The number of hydrogen-bond donors (Lipinski definition) is 2. The largest absolute Gasteiger partial charge is 0.373 e. The maximum absolute atomic E-state index is 12.2. The van der Waals surface area contributed by atoms with Crippen LogP contribution in [-0.2, 0) is 0 Å². The van der Waals surface area contributed by atoms with Gasteiger partial charge in [0.25, 0.3) is 5.91 Å². The lowest BCUT2D eigenvalue weighted by molar-refractivity contribution is 0.102. The van der Waals surface area contributed by atoms with Crippen LogP contribution in [0.3, 0.4) is 0 Å². The third-order valence-corrected chi connectivity index (χ3v) is 3.78. The molecule has 2 aromatic rings. The average molecular weight is 356 g/mol. The van der Waals surface area contributed by atoms with Crippen molar-refractivity contribution in [3.63, 3.8) is 0 Å². The van der Waals surface area contributed by atoms with Crippen molar-refractivity contribution in [2.24, 2.45) is 0 Å². The number of aromatic nitrogens is 2. The number of amides is 1. The fraction of sp³-hybridized carbons (Fsp3) is 0.154. The van der Waals surface area contributed by atoms with Crippen LogP contribution in [0.25, 0.3) is 0 Å². The first-order valence-electron chi connectivity index (χ1n) is 5.78. The van der Waals surface area contributed by atoms with Crippen LogP contribution >= 0.6 is 27.5 Å². The van der Waals surface area contributed by atoms with Gasteiger partial charge in [-0.05, 0) is 40.5 Å². The Balaban J connectivity index is 2.25. The van der Waals surface area contributed by atoms with E-state index in [9.17, 15) is 4.79 Å². The Kier molecular flexibility index (Phi) is 4.57. The van der Waals surface area contributed by atoms with E-state index in [4.69, 9.17) is 11.6 Å². The van der Waals surface area contributed by atoms with E-state index in [0.717, 1.165) is 10.0 Å². The number of pyridine rings is 2. The Morgan fingerprint density at radius 2 is 1.95 bits per heavy atom. The molecule has 5 nitrogen and oxygen atoms in total. The predicted molar refractivity (Wildman–Crippen MR) is 83.4 cm³/mol. The number of carbonyl (C=O) groups excluding carboxylic acids is 1. The molecule has 0 aliphatic carbocycles. The van der Waals surface area contributed by atoms with Gasteiger partial charge in [0, 0.05) is 23.9 Å². The summed E-state index contributed by atoms with van der Waals surface area (Å²) in [5, 5.41) is 5.85. The van der Waals surface area contributed by atoms with Crippen molar-refractivity contribution in [2.45, 2.75) is 6.92 Å². The van der Waals surface area contributed by atoms with Crippen molar-refractivity contribution in [1.82, 2.24) is 9.97 Å². The first-order chi connectivity index (χ1) is 9.51. The number of halogens is 2. The smallest absolute Gasteiger partial charge is 0.258 e. The van der Waals surface area contributed by atoms with E-state index in [1.165, 1.54) is 6.20 Å². The molecule has 0 bridgehead atoms. The monoisotopic (exact) mass is 354 g/mol. The van der Waals surface area contributed by atoms with Gasteiger partial charge in [-0.3, -0.25) is 4.79 Å². The highest BCUT2D eigenvalue weighted by Crippen LogP contribution is 2.21. The van der Waals surface area contributed by atoms with Crippen molar-refractivity contribution < 1.29 is 4.79 Å². The van der Waals surface area contributed by atoms with Crippen molar-refractivity contribution in [3.8, 4) is 0 Å². The zero-order valence-electron chi connectivity index (χ0n) is 10.9. The van der Waals surface area contributed by atoms with Crippen LogP contribution in [0, 0.1) is 6.92 Å². The standard InChI is InChI=1S/C13H12BrClN4O/c1-7-3-12(17-5-9(7)14)19-13(20)8-4-11(16-2)18-6-10(8)15/h3-6H,1-2H3,(H,16,18)(H,17,19,20). The van der Waals surface area contributed by atoms with Crippen molar-refractivity contribution in [1.29, 1.82) is 0 Å². The van der Waals surface area contributed by atoms with Crippen LogP contribution in [0.5, 0.6) is 0 Å². The van der Waals surface area contributed by atoms with Crippen molar-refractivity contribution in [2.75, 3.05) is 17.7 Å². The van der Waals surface area contributed by atoms with E-state index in [2.05, 4.69) is 36.5 Å². The number of aryl methyl sites for hydroxylation is 1. The Morgan fingerprint density at radius 3 is 2.60 bits per heavy atom. The summed E-state index contributed by atoms with van der Waals surface area (Å²) in [6, 6.07) is 3.36. The molecule has 0 saturated carbocycles. The van der Waals surface area contributed by atoms with Gasteiger partial charge in [-0.25, -0.2) is 9.97 Å². The molecule has 0 atom stereocenters. The lowest BCUT2D eigenvalue weighted by Gasteiger charge is -2.08. The van der Waals surface area contributed by atoms with Gasteiger partial charge in [0.2, 0.25) is 0 Å². The quantitative estimate of drug-likeness (QED) is 0.884. The van der Waals surface area contributed by atoms with Crippen LogP contribution in [-0.4, -0.2) is 22.9 Å². The summed E-state index contributed by atoms with van der Waals surface area (Å²) >= 11 is 9.35. The molecule has 2 N–H and O–H groups in total. The van der Waals surface area contributed by atoms with E-state index in [1.807, 2.05) is 6.92 Å². The second kappa shape index (κ2) is 6.19. The number of hydrogen-bond acceptors (Lipinski definition) is 4. The molecule has 2 heterocycles. The molecule has 0 unspecified atom stereocenters. The average Bonchev–Trinajstić information content (AvgIpc) is 2.43. The van der Waals surface area contributed by atoms with Gasteiger partial charge >= 0.3 is 0 Å². The van der Waals surface area contributed by atoms with Gasteiger partial charge in [0.1, 0.15) is 11.6 Å². The number of anilines is 2. The van der Waals surface area contributed by atoms with Crippen LogP contribution in [0.15, 0.2) is 29.0 Å². The van der Waals surface area contributed by atoms with Crippen molar-refractivity contribution >= 4 is 45.1 Å². The van der Waals surface area contributed by atoms with Gasteiger partial charge in [-0.2, -0.15) is 0 Å². The molecule has 2 aromatic heterocycles. The number of nitrogens with one attached hydrogen (secondary N) is 2. The zero-order chi connectivity index (χ0) is 14.7. The Morgan fingerprint density at radius 1 is 1.25 bits per heavy atom. The molecule has 1 amide bonds. The Labute approximate surface area is 129 Å². The lowest BCUT2D eigenvalue weighted by Crippen LogP contribution is -2.14. The highest BCUT2D eigenvalue weighted by molar-refractivity contribution is 9.10. The zero-order valence-corrected chi connectivity index (χ0v) is 13.2. The minimum atomic E-state index is -0.330. The maximum atomic E-state index is 12.2. The topological polar surface area (TPSA) is 66.9 Å². The van der Waals surface area contributed by atoms with E-state index in [1.54, 1.807) is 25.4 Å². The molecule has 0 aliphatic rings. The molecule has 0 radical (unpaired) electrons. The van der Waals surface area contributed by atoms with Crippen LogP contribution in [0.4, 0.5) is 11.6 Å². The van der Waals surface area contributed by atoms with Gasteiger partial charge in [-0.1, -0.05) is 11.6 Å². The molecule has 0 fully saturated rings. The Bertz CT molecular complexity index is 663. The van der Waals surface area contributed by atoms with Gasteiger partial charge < -0.3 is 10.6 Å². The maximum Gasteiger partial charge on any atom is 0.258 e. The summed E-state index contributed by atoms with van der Waals surface area (Å²) in [7, 11) is 1.72. The van der Waals surface area contributed by atoms with E-state index >= 15 is 0 Å². The molecule has 0 spiro atoms. The summed E-state index contributed by atoms with van der Waals surface area (Å²) in [6.07, 6.45) is 3.07. The molecule has 0 aromatic carbocycles. The minimum absolute atomic E-state index is 0.287. The summed E-state index contributed by atoms with van der Waals surface area (Å²) in [5.74, 6) is 0.706.